The zero-order valence-electron chi connectivity index (χ0n) is 10.4. The number of hydrogen-bond donors (Lipinski definition) is 1. The second-order valence-corrected chi connectivity index (χ2v) is 5.79. The van der Waals surface area contributed by atoms with E-state index in [1.54, 1.807) is 23.9 Å². The lowest BCUT2D eigenvalue weighted by atomic mass is 10.2. The maximum Gasteiger partial charge on any atom is 0.173 e. The molecule has 0 aromatic carbocycles. The summed E-state index contributed by atoms with van der Waals surface area (Å²) in [6.45, 7) is 4.15. The van der Waals surface area contributed by atoms with Gasteiger partial charge in [-0.1, -0.05) is 12.2 Å². The Morgan fingerprint density at radius 1 is 1.32 bits per heavy atom. The summed E-state index contributed by atoms with van der Waals surface area (Å²) in [5.74, 6) is 1.31. The van der Waals surface area contributed by atoms with Crippen molar-refractivity contribution in [1.29, 1.82) is 0 Å². The molecule has 0 saturated carbocycles. The Balaban J connectivity index is 2.37. The molecule has 3 aromatic rings. The van der Waals surface area contributed by atoms with Crippen LogP contribution in [0.1, 0.15) is 16.3 Å². The van der Waals surface area contributed by atoms with Gasteiger partial charge < -0.3 is 5.73 Å². The molecule has 0 unspecified atom stereocenters. The zero-order chi connectivity index (χ0) is 13.6. The van der Waals surface area contributed by atoms with Crippen LogP contribution >= 0.6 is 23.6 Å². The van der Waals surface area contributed by atoms with Crippen LogP contribution in [-0.4, -0.2) is 24.5 Å². The summed E-state index contributed by atoms with van der Waals surface area (Å²) < 4.78 is 1.81. The summed E-state index contributed by atoms with van der Waals surface area (Å²) in [7, 11) is 0. The summed E-state index contributed by atoms with van der Waals surface area (Å²) in [5, 5.41) is 1.03. The molecule has 5 nitrogen and oxygen atoms in total. The largest absolute Gasteiger partial charge is 0.387 e. The summed E-state index contributed by atoms with van der Waals surface area (Å²) in [6.07, 6.45) is 5.02. The van der Waals surface area contributed by atoms with Gasteiger partial charge in [-0.3, -0.25) is 4.57 Å². The Bertz CT molecular complexity index is 787. The van der Waals surface area contributed by atoms with Gasteiger partial charge in [0, 0.05) is 17.3 Å². The number of fused-ring (bicyclic) bond motifs is 1. The minimum absolute atomic E-state index is 0.251. The normalized spacial score (nSPS) is 11.1. The van der Waals surface area contributed by atoms with Crippen LogP contribution in [0.25, 0.3) is 16.0 Å². The highest BCUT2D eigenvalue weighted by Crippen LogP contribution is 2.31. The van der Waals surface area contributed by atoms with Gasteiger partial charge in [-0.15, -0.1) is 11.3 Å². The molecule has 0 aliphatic heterocycles. The monoisotopic (exact) mass is 289 g/mol. The average Bonchev–Trinajstić information content (AvgIpc) is 2.96. The zero-order valence-corrected chi connectivity index (χ0v) is 12.0. The summed E-state index contributed by atoms with van der Waals surface area (Å²) in [6, 6.07) is 0. The van der Waals surface area contributed by atoms with Gasteiger partial charge in [0.25, 0.3) is 0 Å². The Kier molecular flexibility index (Phi) is 2.79. The van der Waals surface area contributed by atoms with Gasteiger partial charge in [-0.05, 0) is 19.4 Å². The second kappa shape index (κ2) is 4.36. The third kappa shape index (κ3) is 1.82. The summed E-state index contributed by atoms with van der Waals surface area (Å²) >= 11 is 6.67. The fourth-order valence-electron chi connectivity index (χ4n) is 2.00. The van der Waals surface area contributed by atoms with E-state index < -0.39 is 0 Å². The molecule has 3 heterocycles. The van der Waals surface area contributed by atoms with Crippen molar-refractivity contribution >= 4 is 38.8 Å². The molecule has 0 saturated heterocycles. The van der Waals surface area contributed by atoms with Gasteiger partial charge in [0.1, 0.15) is 16.1 Å². The van der Waals surface area contributed by atoms with Crippen molar-refractivity contribution in [3.8, 4) is 5.82 Å². The fraction of sp³-hybridized carbons (Fsp3) is 0.167. The van der Waals surface area contributed by atoms with Crippen molar-refractivity contribution in [2.24, 2.45) is 5.73 Å². The number of hydrogen-bond acceptors (Lipinski definition) is 5. The number of imidazole rings is 1. The predicted molar refractivity (Wildman–Crippen MR) is 79.9 cm³/mol. The molecule has 0 fully saturated rings. The Morgan fingerprint density at radius 2 is 2.11 bits per heavy atom. The Hall–Kier alpha value is -1.86. The lowest BCUT2D eigenvalue weighted by molar-refractivity contribution is 0.978. The smallest absolute Gasteiger partial charge is 0.173 e. The van der Waals surface area contributed by atoms with E-state index in [0.29, 0.717) is 5.82 Å². The predicted octanol–water partition coefficient (Wildman–Crippen LogP) is 2.13. The van der Waals surface area contributed by atoms with Crippen LogP contribution in [0.2, 0.25) is 0 Å². The molecule has 0 aliphatic carbocycles. The van der Waals surface area contributed by atoms with E-state index in [1.165, 1.54) is 10.4 Å². The van der Waals surface area contributed by atoms with Crippen LogP contribution in [-0.2, 0) is 0 Å². The average molecular weight is 289 g/mol. The SMILES string of the molecule is Cc1sc2ncnc(-n3ccnc3C(N)=S)c2c1C. The van der Waals surface area contributed by atoms with Crippen molar-refractivity contribution in [3.05, 3.63) is 35.0 Å². The van der Waals surface area contributed by atoms with Crippen LogP contribution in [0.15, 0.2) is 18.7 Å². The molecule has 96 valence electrons. The molecule has 19 heavy (non-hydrogen) atoms. The Morgan fingerprint density at radius 3 is 2.84 bits per heavy atom. The highest BCUT2D eigenvalue weighted by atomic mass is 32.1. The van der Waals surface area contributed by atoms with E-state index >= 15 is 0 Å². The lowest BCUT2D eigenvalue weighted by Gasteiger charge is -2.07. The third-order valence-electron chi connectivity index (χ3n) is 3.03. The van der Waals surface area contributed by atoms with E-state index in [9.17, 15) is 0 Å². The molecule has 3 rings (SSSR count). The molecule has 0 radical (unpaired) electrons. The molecule has 3 aromatic heterocycles. The number of nitrogens with two attached hydrogens (primary N) is 1. The minimum atomic E-state index is 0.251. The molecule has 0 amide bonds. The third-order valence-corrected chi connectivity index (χ3v) is 4.33. The van der Waals surface area contributed by atoms with E-state index in [2.05, 4.69) is 28.8 Å². The molecule has 0 aliphatic rings. The van der Waals surface area contributed by atoms with Gasteiger partial charge >= 0.3 is 0 Å². The van der Waals surface area contributed by atoms with Crippen LogP contribution in [0.3, 0.4) is 0 Å². The number of thiophene rings is 1. The van der Waals surface area contributed by atoms with E-state index in [-0.39, 0.29) is 4.99 Å². The topological polar surface area (TPSA) is 69.6 Å². The molecular formula is C12H11N5S2. The second-order valence-electron chi connectivity index (χ2n) is 4.15. The van der Waals surface area contributed by atoms with Crippen molar-refractivity contribution < 1.29 is 0 Å². The van der Waals surface area contributed by atoms with Gasteiger partial charge in [0.05, 0.1) is 5.39 Å². The van der Waals surface area contributed by atoms with Gasteiger partial charge in [-0.25, -0.2) is 15.0 Å². The van der Waals surface area contributed by atoms with Crippen LogP contribution in [0.4, 0.5) is 0 Å². The number of rotatable bonds is 2. The number of nitrogens with zero attached hydrogens (tertiary/aromatic N) is 4. The van der Waals surface area contributed by atoms with Crippen molar-refractivity contribution in [1.82, 2.24) is 19.5 Å². The molecule has 0 bridgehead atoms. The number of thiocarbonyl (C=S) groups is 1. The first kappa shape index (κ1) is 12.2. The van der Waals surface area contributed by atoms with Gasteiger partial charge in [-0.2, -0.15) is 0 Å². The maximum absolute atomic E-state index is 5.69. The lowest BCUT2D eigenvalue weighted by Crippen LogP contribution is -2.16. The molecule has 2 N–H and O–H groups in total. The maximum atomic E-state index is 5.69. The molecular weight excluding hydrogens is 278 g/mol. The standard InChI is InChI=1S/C12H11N5S2/c1-6-7(2)19-12-8(6)10(15-5-16-12)17-4-3-14-11(17)9(13)18/h3-5H,1-2H3,(H2,13,18). The first-order chi connectivity index (χ1) is 9.09. The molecule has 7 heteroatoms. The fourth-order valence-corrected chi connectivity index (χ4v) is 3.15. The molecule has 0 spiro atoms. The highest BCUT2D eigenvalue weighted by Gasteiger charge is 2.16. The van der Waals surface area contributed by atoms with E-state index in [4.69, 9.17) is 18.0 Å². The van der Waals surface area contributed by atoms with Crippen LogP contribution in [0.5, 0.6) is 0 Å². The van der Waals surface area contributed by atoms with Crippen molar-refractivity contribution in [2.75, 3.05) is 0 Å². The van der Waals surface area contributed by atoms with Crippen molar-refractivity contribution in [2.45, 2.75) is 13.8 Å². The summed E-state index contributed by atoms with van der Waals surface area (Å²) in [4.78, 5) is 15.3. The van der Waals surface area contributed by atoms with Crippen molar-refractivity contribution in [3.63, 3.8) is 0 Å². The highest BCUT2D eigenvalue weighted by molar-refractivity contribution is 7.80. The quantitative estimate of drug-likeness (QED) is 0.732. The molecule has 0 atom stereocenters. The van der Waals surface area contributed by atoms with Gasteiger partial charge in [0.2, 0.25) is 0 Å². The van der Waals surface area contributed by atoms with Crippen LogP contribution < -0.4 is 5.73 Å². The first-order valence-electron chi connectivity index (χ1n) is 5.64. The van der Waals surface area contributed by atoms with E-state index in [1.807, 2.05) is 10.8 Å². The van der Waals surface area contributed by atoms with E-state index in [0.717, 1.165) is 16.0 Å². The minimum Gasteiger partial charge on any atom is -0.387 e. The summed E-state index contributed by atoms with van der Waals surface area (Å²) in [5.41, 5.74) is 6.87. The van der Waals surface area contributed by atoms with Gasteiger partial charge in [0.15, 0.2) is 11.6 Å². The number of aromatic nitrogens is 4. The first-order valence-corrected chi connectivity index (χ1v) is 6.86. The number of aryl methyl sites for hydroxylation is 2. The Labute approximate surface area is 119 Å². The van der Waals surface area contributed by atoms with Crippen LogP contribution in [0, 0.1) is 13.8 Å².